The maximum absolute atomic E-state index is 5.67. The van der Waals surface area contributed by atoms with Crippen LogP contribution >= 0.6 is 11.5 Å². The van der Waals surface area contributed by atoms with Crippen LogP contribution in [0, 0.1) is 5.92 Å². The minimum atomic E-state index is 0.180. The molecule has 0 spiro atoms. The first-order valence-electron chi connectivity index (χ1n) is 4.65. The van der Waals surface area contributed by atoms with Crippen molar-refractivity contribution in [3.05, 3.63) is 10.8 Å². The SMILES string of the molecule is CC(C)Cc1nsc(CC(C)N)n1. The van der Waals surface area contributed by atoms with Crippen LogP contribution in [-0.2, 0) is 12.8 Å². The fourth-order valence-electron chi connectivity index (χ4n) is 1.10. The molecule has 4 heteroatoms. The van der Waals surface area contributed by atoms with Gasteiger partial charge in [0.25, 0.3) is 0 Å². The van der Waals surface area contributed by atoms with E-state index >= 15 is 0 Å². The van der Waals surface area contributed by atoms with Gasteiger partial charge in [0.2, 0.25) is 0 Å². The van der Waals surface area contributed by atoms with Crippen molar-refractivity contribution in [2.45, 2.75) is 39.7 Å². The lowest BCUT2D eigenvalue weighted by atomic mass is 10.1. The van der Waals surface area contributed by atoms with E-state index in [0.717, 1.165) is 23.7 Å². The van der Waals surface area contributed by atoms with Gasteiger partial charge in [-0.3, -0.25) is 0 Å². The summed E-state index contributed by atoms with van der Waals surface area (Å²) in [7, 11) is 0. The number of rotatable bonds is 4. The minimum absolute atomic E-state index is 0.180. The van der Waals surface area contributed by atoms with E-state index in [1.807, 2.05) is 6.92 Å². The van der Waals surface area contributed by atoms with E-state index in [1.54, 1.807) is 0 Å². The van der Waals surface area contributed by atoms with Crippen molar-refractivity contribution in [1.29, 1.82) is 0 Å². The molecule has 1 aromatic rings. The normalized spacial score (nSPS) is 13.6. The molecule has 74 valence electrons. The van der Waals surface area contributed by atoms with Crippen molar-refractivity contribution >= 4 is 11.5 Å². The van der Waals surface area contributed by atoms with Gasteiger partial charge >= 0.3 is 0 Å². The number of hydrogen-bond donors (Lipinski definition) is 1. The van der Waals surface area contributed by atoms with Crippen molar-refractivity contribution in [2.24, 2.45) is 11.7 Å². The predicted molar refractivity (Wildman–Crippen MR) is 55.8 cm³/mol. The zero-order valence-corrected chi connectivity index (χ0v) is 9.27. The van der Waals surface area contributed by atoms with Crippen molar-refractivity contribution in [2.75, 3.05) is 0 Å². The molecule has 0 aliphatic carbocycles. The third kappa shape index (κ3) is 3.83. The summed E-state index contributed by atoms with van der Waals surface area (Å²) in [5, 5.41) is 1.06. The summed E-state index contributed by atoms with van der Waals surface area (Å²) in [6.45, 7) is 6.34. The topological polar surface area (TPSA) is 51.8 Å². The quantitative estimate of drug-likeness (QED) is 0.801. The van der Waals surface area contributed by atoms with Crippen molar-refractivity contribution in [3.8, 4) is 0 Å². The molecule has 0 fully saturated rings. The molecule has 0 bridgehead atoms. The molecule has 3 nitrogen and oxygen atoms in total. The summed E-state index contributed by atoms with van der Waals surface area (Å²) in [5.41, 5.74) is 5.67. The molecule has 0 aromatic carbocycles. The van der Waals surface area contributed by atoms with E-state index < -0.39 is 0 Å². The van der Waals surface area contributed by atoms with Gasteiger partial charge in [0.05, 0.1) is 0 Å². The van der Waals surface area contributed by atoms with E-state index in [0.29, 0.717) is 5.92 Å². The van der Waals surface area contributed by atoms with Gasteiger partial charge < -0.3 is 5.73 Å². The highest BCUT2D eigenvalue weighted by Gasteiger charge is 2.07. The smallest absolute Gasteiger partial charge is 0.142 e. The lowest BCUT2D eigenvalue weighted by Gasteiger charge is -1.99. The second-order valence-corrected chi connectivity index (χ2v) is 4.72. The Morgan fingerprint density at radius 2 is 2.00 bits per heavy atom. The average Bonchev–Trinajstić information content (AvgIpc) is 2.33. The molecular formula is C9H17N3S. The summed E-state index contributed by atoms with van der Waals surface area (Å²) >= 11 is 1.48. The number of nitrogens with zero attached hydrogens (tertiary/aromatic N) is 2. The van der Waals surface area contributed by atoms with Gasteiger partial charge in [0, 0.05) is 18.9 Å². The van der Waals surface area contributed by atoms with Gasteiger partial charge in [-0.05, 0) is 24.4 Å². The third-order valence-electron chi connectivity index (χ3n) is 1.60. The standard InChI is InChI=1S/C9H17N3S/c1-6(2)4-8-11-9(13-12-8)5-7(3)10/h6-7H,4-5,10H2,1-3H3. The van der Waals surface area contributed by atoms with Gasteiger partial charge in [0.1, 0.15) is 10.8 Å². The summed E-state index contributed by atoms with van der Waals surface area (Å²) < 4.78 is 4.28. The Labute approximate surface area is 83.5 Å². The maximum Gasteiger partial charge on any atom is 0.142 e. The molecule has 0 aliphatic heterocycles. The Bertz CT molecular complexity index is 231. The Balaban J connectivity index is 2.53. The molecule has 1 aromatic heterocycles. The molecule has 2 N–H and O–H groups in total. The second-order valence-electron chi connectivity index (χ2n) is 3.88. The van der Waals surface area contributed by atoms with Crippen molar-refractivity contribution < 1.29 is 0 Å². The fraction of sp³-hybridized carbons (Fsp3) is 0.778. The minimum Gasteiger partial charge on any atom is -0.328 e. The summed E-state index contributed by atoms with van der Waals surface area (Å²) in [4.78, 5) is 4.42. The Morgan fingerprint density at radius 1 is 1.31 bits per heavy atom. The zero-order valence-electron chi connectivity index (χ0n) is 8.45. The van der Waals surface area contributed by atoms with Crippen LogP contribution in [0.3, 0.4) is 0 Å². The van der Waals surface area contributed by atoms with Gasteiger partial charge in [-0.15, -0.1) is 0 Å². The largest absolute Gasteiger partial charge is 0.328 e. The van der Waals surface area contributed by atoms with Crippen LogP contribution in [0.1, 0.15) is 31.6 Å². The molecule has 1 heterocycles. The Kier molecular flexibility index (Phi) is 3.81. The van der Waals surface area contributed by atoms with E-state index in [1.165, 1.54) is 11.5 Å². The molecule has 0 radical (unpaired) electrons. The fourth-order valence-corrected chi connectivity index (χ4v) is 1.91. The monoisotopic (exact) mass is 199 g/mol. The van der Waals surface area contributed by atoms with Crippen LogP contribution in [0.4, 0.5) is 0 Å². The van der Waals surface area contributed by atoms with Crippen LogP contribution in [0.2, 0.25) is 0 Å². The number of nitrogens with two attached hydrogens (primary N) is 1. The van der Waals surface area contributed by atoms with Crippen LogP contribution in [-0.4, -0.2) is 15.4 Å². The van der Waals surface area contributed by atoms with Gasteiger partial charge in [-0.2, -0.15) is 4.37 Å². The first-order valence-corrected chi connectivity index (χ1v) is 5.42. The van der Waals surface area contributed by atoms with Gasteiger partial charge in [0.15, 0.2) is 0 Å². The molecule has 0 saturated heterocycles. The van der Waals surface area contributed by atoms with E-state index in [2.05, 4.69) is 23.2 Å². The lowest BCUT2D eigenvalue weighted by Crippen LogP contribution is -2.17. The molecule has 13 heavy (non-hydrogen) atoms. The van der Waals surface area contributed by atoms with Gasteiger partial charge in [-0.1, -0.05) is 13.8 Å². The van der Waals surface area contributed by atoms with Gasteiger partial charge in [-0.25, -0.2) is 4.98 Å². The number of aromatic nitrogens is 2. The Morgan fingerprint density at radius 3 is 2.54 bits per heavy atom. The van der Waals surface area contributed by atoms with Crippen LogP contribution in [0.15, 0.2) is 0 Å². The molecule has 1 rings (SSSR count). The highest BCUT2D eigenvalue weighted by Crippen LogP contribution is 2.10. The molecular weight excluding hydrogens is 182 g/mol. The van der Waals surface area contributed by atoms with Crippen molar-refractivity contribution in [3.63, 3.8) is 0 Å². The van der Waals surface area contributed by atoms with E-state index in [-0.39, 0.29) is 6.04 Å². The van der Waals surface area contributed by atoms with Crippen molar-refractivity contribution in [1.82, 2.24) is 9.36 Å². The van der Waals surface area contributed by atoms with E-state index in [9.17, 15) is 0 Å². The summed E-state index contributed by atoms with van der Waals surface area (Å²) in [5.74, 6) is 1.59. The van der Waals surface area contributed by atoms with Crippen LogP contribution in [0.25, 0.3) is 0 Å². The second kappa shape index (κ2) is 4.67. The third-order valence-corrected chi connectivity index (χ3v) is 2.37. The maximum atomic E-state index is 5.67. The molecule has 1 atom stereocenters. The first-order chi connectivity index (χ1) is 6.08. The van der Waals surface area contributed by atoms with E-state index in [4.69, 9.17) is 5.73 Å². The Hall–Kier alpha value is -0.480. The zero-order chi connectivity index (χ0) is 9.84. The highest BCUT2D eigenvalue weighted by molar-refractivity contribution is 7.05. The summed E-state index contributed by atoms with van der Waals surface area (Å²) in [6, 6.07) is 0.180. The first kappa shape index (κ1) is 10.6. The van der Waals surface area contributed by atoms with Crippen LogP contribution in [0.5, 0.6) is 0 Å². The molecule has 1 unspecified atom stereocenters. The van der Waals surface area contributed by atoms with Crippen LogP contribution < -0.4 is 5.73 Å². The molecule has 0 aliphatic rings. The highest BCUT2D eigenvalue weighted by atomic mass is 32.1. The lowest BCUT2D eigenvalue weighted by molar-refractivity contribution is 0.624. The molecule has 0 amide bonds. The summed E-state index contributed by atoms with van der Waals surface area (Å²) in [6.07, 6.45) is 1.81. The average molecular weight is 199 g/mol. The molecule has 0 saturated carbocycles. The predicted octanol–water partition coefficient (Wildman–Crippen LogP) is 1.63. The number of hydrogen-bond acceptors (Lipinski definition) is 4.